The van der Waals surface area contributed by atoms with Crippen LogP contribution in [0.15, 0.2) is 0 Å². The van der Waals surface area contributed by atoms with Crippen molar-refractivity contribution in [2.75, 3.05) is 0 Å². The molecule has 88 valence electrons. The van der Waals surface area contributed by atoms with Crippen molar-refractivity contribution >= 4 is 5.78 Å². The monoisotopic (exact) mass is 211 g/mol. The van der Waals surface area contributed by atoms with Gasteiger partial charge in [0, 0.05) is 0 Å². The normalized spacial score (nSPS) is 20.5. The maximum atomic E-state index is 11.1. The molecule has 1 aliphatic carbocycles. The second kappa shape index (κ2) is 5.11. The molecule has 1 atom stereocenters. The Hall–Kier alpha value is -0.370. The molecular weight excluding hydrogens is 186 g/mol. The first kappa shape index (κ1) is 12.7. The molecule has 0 amide bonds. The van der Waals surface area contributed by atoms with Gasteiger partial charge in [0.25, 0.3) is 0 Å². The van der Waals surface area contributed by atoms with Gasteiger partial charge in [-0.05, 0) is 31.1 Å². The minimum Gasteiger partial charge on any atom is -0.322 e. The van der Waals surface area contributed by atoms with E-state index in [9.17, 15) is 4.79 Å². The molecule has 0 heterocycles. The lowest BCUT2D eigenvalue weighted by atomic mass is 9.77. The van der Waals surface area contributed by atoms with Crippen LogP contribution in [0, 0.1) is 11.3 Å². The molecule has 1 unspecified atom stereocenters. The molecule has 0 saturated heterocycles. The number of ketones is 1. The Morgan fingerprint density at radius 2 is 1.93 bits per heavy atom. The van der Waals surface area contributed by atoms with Crippen molar-refractivity contribution in [1.29, 1.82) is 0 Å². The molecule has 0 spiro atoms. The highest BCUT2D eigenvalue weighted by Crippen LogP contribution is 2.37. The second-order valence-electron chi connectivity index (χ2n) is 5.94. The molecule has 15 heavy (non-hydrogen) atoms. The van der Waals surface area contributed by atoms with Gasteiger partial charge < -0.3 is 5.73 Å². The van der Waals surface area contributed by atoms with E-state index in [-0.39, 0.29) is 17.2 Å². The standard InChI is InChI=1S/C13H25NO/c1-10(15)12(14)9-13(2,3)8-11-6-4-5-7-11/h11-12H,4-9,14H2,1-3H3. The molecule has 0 aromatic rings. The first-order valence-electron chi connectivity index (χ1n) is 6.17. The fourth-order valence-electron chi connectivity index (χ4n) is 2.82. The molecule has 0 aliphatic heterocycles. The van der Waals surface area contributed by atoms with Crippen LogP contribution in [0.1, 0.15) is 59.3 Å². The van der Waals surface area contributed by atoms with Crippen LogP contribution in [0.4, 0.5) is 0 Å². The van der Waals surface area contributed by atoms with E-state index in [1.54, 1.807) is 6.92 Å². The lowest BCUT2D eigenvalue weighted by Gasteiger charge is -2.29. The Balaban J connectivity index is 2.39. The lowest BCUT2D eigenvalue weighted by molar-refractivity contribution is -0.118. The van der Waals surface area contributed by atoms with Crippen LogP contribution < -0.4 is 5.73 Å². The summed E-state index contributed by atoms with van der Waals surface area (Å²) >= 11 is 0. The highest BCUT2D eigenvalue weighted by molar-refractivity contribution is 5.81. The van der Waals surface area contributed by atoms with Crippen molar-refractivity contribution in [1.82, 2.24) is 0 Å². The summed E-state index contributed by atoms with van der Waals surface area (Å²) in [6.45, 7) is 6.08. The summed E-state index contributed by atoms with van der Waals surface area (Å²) in [6, 6.07) is -0.263. The highest BCUT2D eigenvalue weighted by atomic mass is 16.1. The Bertz CT molecular complexity index is 217. The third-order valence-corrected chi connectivity index (χ3v) is 3.61. The van der Waals surface area contributed by atoms with Gasteiger partial charge in [0.05, 0.1) is 6.04 Å². The predicted octanol–water partition coefficient (Wildman–Crippen LogP) is 2.90. The van der Waals surface area contributed by atoms with E-state index < -0.39 is 0 Å². The molecule has 0 radical (unpaired) electrons. The van der Waals surface area contributed by atoms with E-state index in [1.165, 1.54) is 32.1 Å². The summed E-state index contributed by atoms with van der Waals surface area (Å²) < 4.78 is 0. The Morgan fingerprint density at radius 3 is 2.40 bits per heavy atom. The molecular formula is C13H25NO. The Kier molecular flexibility index (Phi) is 4.32. The first-order chi connectivity index (χ1) is 6.91. The number of carbonyl (C=O) groups is 1. The second-order valence-corrected chi connectivity index (χ2v) is 5.94. The summed E-state index contributed by atoms with van der Waals surface area (Å²) in [5.74, 6) is 0.994. The van der Waals surface area contributed by atoms with Crippen LogP contribution in [0.2, 0.25) is 0 Å². The van der Waals surface area contributed by atoms with Crippen LogP contribution in [-0.4, -0.2) is 11.8 Å². The smallest absolute Gasteiger partial charge is 0.146 e. The summed E-state index contributed by atoms with van der Waals surface area (Å²) in [4.78, 5) is 11.1. The van der Waals surface area contributed by atoms with Gasteiger partial charge in [-0.3, -0.25) is 4.79 Å². The van der Waals surface area contributed by atoms with Crippen molar-refractivity contribution in [3.8, 4) is 0 Å². The molecule has 2 nitrogen and oxygen atoms in total. The van der Waals surface area contributed by atoms with Crippen molar-refractivity contribution in [3.63, 3.8) is 0 Å². The van der Waals surface area contributed by atoms with Gasteiger partial charge in [-0.1, -0.05) is 39.5 Å². The van der Waals surface area contributed by atoms with Crippen molar-refractivity contribution in [2.24, 2.45) is 17.1 Å². The van der Waals surface area contributed by atoms with E-state index in [1.807, 2.05) is 0 Å². The molecule has 2 N–H and O–H groups in total. The summed E-state index contributed by atoms with van der Waals surface area (Å²) in [5, 5.41) is 0. The number of carbonyl (C=O) groups excluding carboxylic acids is 1. The summed E-state index contributed by atoms with van der Waals surface area (Å²) in [7, 11) is 0. The molecule has 2 heteroatoms. The molecule has 1 aliphatic rings. The maximum absolute atomic E-state index is 11.1. The number of hydrogen-bond acceptors (Lipinski definition) is 2. The largest absolute Gasteiger partial charge is 0.322 e. The minimum absolute atomic E-state index is 0.120. The molecule has 1 fully saturated rings. The number of nitrogens with two attached hydrogens (primary N) is 1. The van der Waals surface area contributed by atoms with Crippen molar-refractivity contribution < 1.29 is 4.79 Å². The average Bonchev–Trinajstić information content (AvgIpc) is 2.54. The SMILES string of the molecule is CC(=O)C(N)CC(C)(C)CC1CCCC1. The number of Topliss-reactive ketones (excluding diaryl/α,β-unsaturated/α-hetero) is 1. The van der Waals surface area contributed by atoms with Gasteiger partial charge in [-0.15, -0.1) is 0 Å². The first-order valence-corrected chi connectivity index (χ1v) is 6.17. The predicted molar refractivity (Wildman–Crippen MR) is 63.6 cm³/mol. The van der Waals surface area contributed by atoms with Crippen LogP contribution in [0.3, 0.4) is 0 Å². The van der Waals surface area contributed by atoms with Crippen molar-refractivity contribution in [2.45, 2.75) is 65.3 Å². The van der Waals surface area contributed by atoms with E-state index in [0.29, 0.717) is 0 Å². The third-order valence-electron chi connectivity index (χ3n) is 3.61. The Morgan fingerprint density at radius 1 is 1.40 bits per heavy atom. The van der Waals surface area contributed by atoms with Gasteiger partial charge >= 0.3 is 0 Å². The third kappa shape index (κ3) is 4.33. The maximum Gasteiger partial charge on any atom is 0.146 e. The fourth-order valence-corrected chi connectivity index (χ4v) is 2.82. The molecule has 1 saturated carbocycles. The van der Waals surface area contributed by atoms with E-state index in [4.69, 9.17) is 5.73 Å². The molecule has 0 aromatic carbocycles. The zero-order chi connectivity index (χ0) is 11.5. The Labute approximate surface area is 93.6 Å². The zero-order valence-corrected chi connectivity index (χ0v) is 10.4. The van der Waals surface area contributed by atoms with E-state index in [0.717, 1.165) is 12.3 Å². The highest BCUT2D eigenvalue weighted by Gasteiger charge is 2.28. The summed E-state index contributed by atoms with van der Waals surface area (Å²) in [6.07, 6.45) is 7.59. The number of rotatable bonds is 5. The van der Waals surface area contributed by atoms with Gasteiger partial charge in [-0.25, -0.2) is 0 Å². The molecule has 0 aromatic heterocycles. The topological polar surface area (TPSA) is 43.1 Å². The van der Waals surface area contributed by atoms with Crippen LogP contribution in [0.5, 0.6) is 0 Å². The average molecular weight is 211 g/mol. The number of hydrogen-bond donors (Lipinski definition) is 1. The molecule has 1 rings (SSSR count). The van der Waals surface area contributed by atoms with E-state index >= 15 is 0 Å². The van der Waals surface area contributed by atoms with Gasteiger partial charge in [-0.2, -0.15) is 0 Å². The van der Waals surface area contributed by atoms with Crippen LogP contribution in [0.25, 0.3) is 0 Å². The fraction of sp³-hybridized carbons (Fsp3) is 0.923. The molecule has 0 bridgehead atoms. The quantitative estimate of drug-likeness (QED) is 0.760. The van der Waals surface area contributed by atoms with Gasteiger partial charge in [0.1, 0.15) is 5.78 Å². The van der Waals surface area contributed by atoms with Gasteiger partial charge in [0.15, 0.2) is 0 Å². The van der Waals surface area contributed by atoms with Crippen LogP contribution in [-0.2, 0) is 4.79 Å². The minimum atomic E-state index is -0.263. The lowest BCUT2D eigenvalue weighted by Crippen LogP contribution is -2.34. The summed E-state index contributed by atoms with van der Waals surface area (Å²) in [5.41, 5.74) is 6.05. The zero-order valence-electron chi connectivity index (χ0n) is 10.4. The van der Waals surface area contributed by atoms with Crippen LogP contribution >= 0.6 is 0 Å². The van der Waals surface area contributed by atoms with Gasteiger partial charge in [0.2, 0.25) is 0 Å². The van der Waals surface area contributed by atoms with Crippen molar-refractivity contribution in [3.05, 3.63) is 0 Å². The van der Waals surface area contributed by atoms with E-state index in [2.05, 4.69) is 13.8 Å².